The fourth-order valence-electron chi connectivity index (χ4n) is 3.42. The summed E-state index contributed by atoms with van der Waals surface area (Å²) in [5.74, 6) is 0.977. The number of nitrogens with zero attached hydrogens (tertiary/aromatic N) is 1. The van der Waals surface area contributed by atoms with Crippen molar-refractivity contribution in [3.8, 4) is 0 Å². The first kappa shape index (κ1) is 15.8. The van der Waals surface area contributed by atoms with Crippen LogP contribution in [0.5, 0.6) is 0 Å². The number of carbonyl (C=O) groups is 1. The Morgan fingerprint density at radius 1 is 1.30 bits per heavy atom. The van der Waals surface area contributed by atoms with Crippen molar-refractivity contribution >= 4 is 5.91 Å². The van der Waals surface area contributed by atoms with E-state index in [9.17, 15) is 4.79 Å². The predicted molar refractivity (Wildman–Crippen MR) is 82.7 cm³/mol. The van der Waals surface area contributed by atoms with E-state index in [1.807, 2.05) is 0 Å². The summed E-state index contributed by atoms with van der Waals surface area (Å²) in [6, 6.07) is 0.417. The van der Waals surface area contributed by atoms with E-state index in [0.29, 0.717) is 18.4 Å². The van der Waals surface area contributed by atoms with E-state index in [1.54, 1.807) is 0 Å². The zero-order valence-corrected chi connectivity index (χ0v) is 13.0. The van der Waals surface area contributed by atoms with Crippen LogP contribution in [0.25, 0.3) is 0 Å². The van der Waals surface area contributed by atoms with Crippen LogP contribution in [-0.4, -0.2) is 49.6 Å². The number of piperidine rings is 2. The highest BCUT2D eigenvalue weighted by molar-refractivity contribution is 5.76. The molecule has 1 atom stereocenters. The molecule has 0 spiro atoms. The van der Waals surface area contributed by atoms with Crippen LogP contribution in [0.15, 0.2) is 0 Å². The van der Waals surface area contributed by atoms with Gasteiger partial charge in [-0.05, 0) is 64.1 Å². The summed E-state index contributed by atoms with van der Waals surface area (Å²) < 4.78 is 0. The average Bonchev–Trinajstić information content (AvgIpc) is 2.49. The summed E-state index contributed by atoms with van der Waals surface area (Å²) in [6.07, 6.45) is 7.78. The third-order valence-electron chi connectivity index (χ3n) is 4.67. The SMILES string of the molecule is CCCN1CCC(NC(=O)CCC2CCCNC2)CC1. The Balaban J connectivity index is 1.57. The second-order valence-electron chi connectivity index (χ2n) is 6.43. The number of rotatable bonds is 6. The molecule has 2 heterocycles. The molecule has 116 valence electrons. The second-order valence-corrected chi connectivity index (χ2v) is 6.43. The molecule has 1 unspecified atom stereocenters. The molecule has 0 radical (unpaired) electrons. The number of likely N-dealkylation sites (tertiary alicyclic amines) is 1. The minimum atomic E-state index is 0.268. The summed E-state index contributed by atoms with van der Waals surface area (Å²) in [6.45, 7) is 7.97. The van der Waals surface area contributed by atoms with Crippen LogP contribution < -0.4 is 10.6 Å². The number of amides is 1. The lowest BCUT2D eigenvalue weighted by Crippen LogP contribution is -2.44. The molecule has 0 aromatic carbocycles. The predicted octanol–water partition coefficient (Wildman–Crippen LogP) is 1.76. The van der Waals surface area contributed by atoms with Crippen molar-refractivity contribution in [2.45, 2.75) is 57.9 Å². The molecule has 2 fully saturated rings. The molecule has 4 nitrogen and oxygen atoms in total. The van der Waals surface area contributed by atoms with Crippen molar-refractivity contribution in [2.24, 2.45) is 5.92 Å². The van der Waals surface area contributed by atoms with Gasteiger partial charge in [0.1, 0.15) is 0 Å². The van der Waals surface area contributed by atoms with E-state index in [1.165, 1.54) is 25.8 Å². The number of hydrogen-bond donors (Lipinski definition) is 2. The van der Waals surface area contributed by atoms with E-state index < -0.39 is 0 Å². The molecule has 2 aliphatic heterocycles. The van der Waals surface area contributed by atoms with Gasteiger partial charge in [-0.1, -0.05) is 6.92 Å². The maximum absolute atomic E-state index is 12.0. The minimum Gasteiger partial charge on any atom is -0.353 e. The molecule has 0 aromatic rings. The van der Waals surface area contributed by atoms with Gasteiger partial charge in [0.25, 0.3) is 0 Å². The molecule has 20 heavy (non-hydrogen) atoms. The minimum absolute atomic E-state index is 0.268. The van der Waals surface area contributed by atoms with Crippen LogP contribution in [0.3, 0.4) is 0 Å². The molecule has 4 heteroatoms. The van der Waals surface area contributed by atoms with E-state index in [-0.39, 0.29) is 5.91 Å². The second kappa shape index (κ2) is 8.63. The fraction of sp³-hybridized carbons (Fsp3) is 0.938. The molecule has 2 saturated heterocycles. The Labute approximate surface area is 123 Å². The zero-order valence-electron chi connectivity index (χ0n) is 13.0. The fourth-order valence-corrected chi connectivity index (χ4v) is 3.42. The highest BCUT2D eigenvalue weighted by atomic mass is 16.1. The Morgan fingerprint density at radius 3 is 2.75 bits per heavy atom. The van der Waals surface area contributed by atoms with Crippen LogP contribution in [0.4, 0.5) is 0 Å². The number of carbonyl (C=O) groups excluding carboxylic acids is 1. The highest BCUT2D eigenvalue weighted by Crippen LogP contribution is 2.16. The highest BCUT2D eigenvalue weighted by Gasteiger charge is 2.20. The molecule has 0 aromatic heterocycles. The summed E-state index contributed by atoms with van der Waals surface area (Å²) in [5, 5.41) is 6.65. The van der Waals surface area contributed by atoms with E-state index >= 15 is 0 Å². The van der Waals surface area contributed by atoms with Crippen molar-refractivity contribution in [3.05, 3.63) is 0 Å². The largest absolute Gasteiger partial charge is 0.353 e. The van der Waals surface area contributed by atoms with Gasteiger partial charge in [0.2, 0.25) is 5.91 Å². The quantitative estimate of drug-likeness (QED) is 0.780. The van der Waals surface area contributed by atoms with Gasteiger partial charge in [0.15, 0.2) is 0 Å². The van der Waals surface area contributed by atoms with Crippen molar-refractivity contribution in [1.82, 2.24) is 15.5 Å². The average molecular weight is 281 g/mol. The summed E-state index contributed by atoms with van der Waals surface area (Å²) in [5.41, 5.74) is 0. The monoisotopic (exact) mass is 281 g/mol. The smallest absolute Gasteiger partial charge is 0.220 e. The Morgan fingerprint density at radius 2 is 2.10 bits per heavy atom. The topological polar surface area (TPSA) is 44.4 Å². The third-order valence-corrected chi connectivity index (χ3v) is 4.67. The first-order valence-corrected chi connectivity index (χ1v) is 8.50. The van der Waals surface area contributed by atoms with Crippen LogP contribution in [0, 0.1) is 5.92 Å². The molecule has 0 saturated carbocycles. The first-order valence-electron chi connectivity index (χ1n) is 8.50. The van der Waals surface area contributed by atoms with E-state index in [0.717, 1.165) is 45.4 Å². The van der Waals surface area contributed by atoms with Gasteiger partial charge in [-0.3, -0.25) is 4.79 Å². The Bertz CT molecular complexity index is 281. The number of nitrogens with one attached hydrogen (secondary N) is 2. The maximum Gasteiger partial charge on any atom is 0.220 e. The van der Waals surface area contributed by atoms with Crippen molar-refractivity contribution in [1.29, 1.82) is 0 Å². The van der Waals surface area contributed by atoms with Crippen molar-refractivity contribution in [2.75, 3.05) is 32.7 Å². The van der Waals surface area contributed by atoms with Gasteiger partial charge in [-0.2, -0.15) is 0 Å². The lowest BCUT2D eigenvalue weighted by molar-refractivity contribution is -0.122. The Kier molecular flexibility index (Phi) is 6.80. The van der Waals surface area contributed by atoms with Gasteiger partial charge < -0.3 is 15.5 Å². The molecule has 0 bridgehead atoms. The van der Waals surface area contributed by atoms with Gasteiger partial charge in [-0.25, -0.2) is 0 Å². The summed E-state index contributed by atoms with van der Waals surface area (Å²) in [4.78, 5) is 14.5. The molecule has 2 N–H and O–H groups in total. The van der Waals surface area contributed by atoms with Crippen molar-refractivity contribution in [3.63, 3.8) is 0 Å². The third kappa shape index (κ3) is 5.41. The maximum atomic E-state index is 12.0. The van der Waals surface area contributed by atoms with Crippen LogP contribution in [-0.2, 0) is 4.79 Å². The molecule has 1 amide bonds. The van der Waals surface area contributed by atoms with Crippen LogP contribution in [0.2, 0.25) is 0 Å². The van der Waals surface area contributed by atoms with Gasteiger partial charge in [0.05, 0.1) is 0 Å². The molecular formula is C16H31N3O. The first-order chi connectivity index (χ1) is 9.78. The van der Waals surface area contributed by atoms with E-state index in [4.69, 9.17) is 0 Å². The molecular weight excluding hydrogens is 250 g/mol. The normalized spacial score (nSPS) is 25.6. The molecule has 0 aliphatic carbocycles. The molecule has 2 aliphatic rings. The lowest BCUT2D eigenvalue weighted by Gasteiger charge is -2.32. The number of hydrogen-bond acceptors (Lipinski definition) is 3. The van der Waals surface area contributed by atoms with E-state index in [2.05, 4.69) is 22.5 Å². The standard InChI is InChI=1S/C16H31N3O/c1-2-10-19-11-7-15(8-12-19)18-16(20)6-5-14-4-3-9-17-13-14/h14-15,17H,2-13H2,1H3,(H,18,20). The molecule has 2 rings (SSSR count). The van der Waals surface area contributed by atoms with Crippen LogP contribution >= 0.6 is 0 Å². The van der Waals surface area contributed by atoms with Gasteiger partial charge >= 0.3 is 0 Å². The van der Waals surface area contributed by atoms with Crippen molar-refractivity contribution < 1.29 is 4.79 Å². The summed E-state index contributed by atoms with van der Waals surface area (Å²) >= 11 is 0. The Hall–Kier alpha value is -0.610. The zero-order chi connectivity index (χ0) is 14.2. The van der Waals surface area contributed by atoms with Gasteiger partial charge in [-0.15, -0.1) is 0 Å². The van der Waals surface area contributed by atoms with Gasteiger partial charge in [0, 0.05) is 25.6 Å². The van der Waals surface area contributed by atoms with Crippen LogP contribution in [0.1, 0.15) is 51.9 Å². The lowest BCUT2D eigenvalue weighted by atomic mass is 9.94. The summed E-state index contributed by atoms with van der Waals surface area (Å²) in [7, 11) is 0.